The number of nitro groups is 1. The quantitative estimate of drug-likeness (QED) is 0.585. The molecule has 1 unspecified atom stereocenters. The molecule has 7 heteroatoms. The summed E-state index contributed by atoms with van der Waals surface area (Å²) in [5.74, 6) is -0.00839. The number of nitrogens with two attached hydrogens (primary N) is 1. The van der Waals surface area contributed by atoms with Gasteiger partial charge in [0.1, 0.15) is 0 Å². The van der Waals surface area contributed by atoms with Crippen molar-refractivity contribution in [2.75, 3.05) is 13.7 Å². The van der Waals surface area contributed by atoms with Crippen molar-refractivity contribution in [3.63, 3.8) is 0 Å². The zero-order valence-corrected chi connectivity index (χ0v) is 9.75. The summed E-state index contributed by atoms with van der Waals surface area (Å²) in [4.78, 5) is 14.0. The lowest BCUT2D eigenvalue weighted by Gasteiger charge is -2.07. The van der Waals surface area contributed by atoms with Gasteiger partial charge in [-0.25, -0.2) is 4.98 Å². The molecule has 1 heterocycles. The maximum Gasteiger partial charge on any atom is 0.331 e. The summed E-state index contributed by atoms with van der Waals surface area (Å²) in [6, 6.07) is 1.31. The van der Waals surface area contributed by atoms with Crippen LogP contribution in [0.2, 0.25) is 0 Å². The number of hydrogen-bond acceptors (Lipinski definition) is 6. The molecule has 0 bridgehead atoms. The van der Waals surface area contributed by atoms with E-state index < -0.39 is 4.92 Å². The van der Waals surface area contributed by atoms with E-state index in [1.807, 2.05) is 6.92 Å². The van der Waals surface area contributed by atoms with Crippen LogP contribution in [0.15, 0.2) is 12.3 Å². The fraction of sp³-hybridized carbons (Fsp3) is 0.500. The Labute approximate surface area is 98.7 Å². The normalized spacial score (nSPS) is 12.2. The third-order valence-electron chi connectivity index (χ3n) is 1.93. The van der Waals surface area contributed by atoms with Gasteiger partial charge in [-0.3, -0.25) is 10.1 Å². The monoisotopic (exact) mass is 241 g/mol. The van der Waals surface area contributed by atoms with Crippen LogP contribution < -0.4 is 10.5 Å². The van der Waals surface area contributed by atoms with Crippen LogP contribution in [0.4, 0.5) is 5.69 Å². The minimum Gasteiger partial charge on any atom is -0.476 e. The predicted molar refractivity (Wildman–Crippen MR) is 60.7 cm³/mol. The van der Waals surface area contributed by atoms with Crippen LogP contribution in [-0.4, -0.2) is 29.7 Å². The average Bonchev–Trinajstić information content (AvgIpc) is 2.28. The van der Waals surface area contributed by atoms with Crippen LogP contribution in [0.1, 0.15) is 12.5 Å². The van der Waals surface area contributed by atoms with E-state index in [-0.39, 0.29) is 24.2 Å². The topological polar surface area (TPSA) is 101 Å². The Morgan fingerprint density at radius 2 is 2.35 bits per heavy atom. The number of ether oxygens (including phenoxy) is 2. The summed E-state index contributed by atoms with van der Waals surface area (Å²) in [7, 11) is 1.33. The first-order valence-corrected chi connectivity index (χ1v) is 5.05. The van der Waals surface area contributed by atoms with E-state index in [2.05, 4.69) is 4.98 Å². The Bertz CT molecular complexity index is 395. The third-order valence-corrected chi connectivity index (χ3v) is 1.93. The lowest BCUT2D eigenvalue weighted by Crippen LogP contribution is -2.21. The highest BCUT2D eigenvalue weighted by molar-refractivity contribution is 5.42. The van der Waals surface area contributed by atoms with Gasteiger partial charge in [0.15, 0.2) is 0 Å². The summed E-state index contributed by atoms with van der Waals surface area (Å²) in [5, 5.41) is 10.7. The summed E-state index contributed by atoms with van der Waals surface area (Å²) in [5.41, 5.74) is 5.95. The second-order valence-electron chi connectivity index (χ2n) is 3.62. The molecule has 0 radical (unpaired) electrons. The Kier molecular flexibility index (Phi) is 4.80. The fourth-order valence-electron chi connectivity index (χ4n) is 1.21. The van der Waals surface area contributed by atoms with Crippen molar-refractivity contribution in [1.29, 1.82) is 0 Å². The molecule has 0 saturated carbocycles. The van der Waals surface area contributed by atoms with Crippen LogP contribution in [-0.2, 0) is 11.3 Å². The lowest BCUT2D eigenvalue weighted by atomic mass is 10.2. The molecule has 0 saturated heterocycles. The van der Waals surface area contributed by atoms with Gasteiger partial charge in [-0.1, -0.05) is 0 Å². The van der Waals surface area contributed by atoms with E-state index in [4.69, 9.17) is 15.2 Å². The fourth-order valence-corrected chi connectivity index (χ4v) is 1.21. The first-order valence-electron chi connectivity index (χ1n) is 5.05. The van der Waals surface area contributed by atoms with Gasteiger partial charge in [0.25, 0.3) is 5.88 Å². The van der Waals surface area contributed by atoms with Gasteiger partial charge in [0.05, 0.1) is 25.2 Å². The average molecular weight is 241 g/mol. The first-order chi connectivity index (χ1) is 8.04. The van der Waals surface area contributed by atoms with E-state index in [0.717, 1.165) is 0 Å². The molecular weight excluding hydrogens is 226 g/mol. The number of methoxy groups -OCH3 is 1. The molecule has 1 aromatic heterocycles. The molecule has 0 aliphatic carbocycles. The van der Waals surface area contributed by atoms with Crippen molar-refractivity contribution in [2.45, 2.75) is 19.6 Å². The second-order valence-corrected chi connectivity index (χ2v) is 3.62. The van der Waals surface area contributed by atoms with Gasteiger partial charge in [0, 0.05) is 23.9 Å². The zero-order valence-electron chi connectivity index (χ0n) is 9.75. The highest BCUT2D eigenvalue weighted by Crippen LogP contribution is 2.24. The van der Waals surface area contributed by atoms with Gasteiger partial charge < -0.3 is 15.2 Å². The van der Waals surface area contributed by atoms with Crippen LogP contribution in [0, 0.1) is 10.1 Å². The van der Waals surface area contributed by atoms with Crippen molar-refractivity contribution in [2.24, 2.45) is 5.73 Å². The highest BCUT2D eigenvalue weighted by atomic mass is 16.6. The van der Waals surface area contributed by atoms with Gasteiger partial charge in [-0.15, -0.1) is 0 Å². The number of rotatable bonds is 6. The molecule has 0 amide bonds. The summed E-state index contributed by atoms with van der Waals surface area (Å²) in [6.45, 7) is 2.44. The molecule has 17 heavy (non-hydrogen) atoms. The smallest absolute Gasteiger partial charge is 0.331 e. The highest BCUT2D eigenvalue weighted by Gasteiger charge is 2.16. The Hall–Kier alpha value is -1.73. The Morgan fingerprint density at radius 1 is 1.65 bits per heavy atom. The molecule has 94 valence electrons. The molecule has 0 aliphatic heterocycles. The van der Waals surface area contributed by atoms with Crippen molar-refractivity contribution in [3.05, 3.63) is 27.9 Å². The Morgan fingerprint density at radius 3 is 2.88 bits per heavy atom. The molecule has 0 fully saturated rings. The van der Waals surface area contributed by atoms with Crippen LogP contribution in [0.5, 0.6) is 5.88 Å². The molecular formula is C10H15N3O4. The Balaban J connectivity index is 2.74. The van der Waals surface area contributed by atoms with E-state index in [9.17, 15) is 10.1 Å². The van der Waals surface area contributed by atoms with Crippen LogP contribution in [0.25, 0.3) is 0 Å². The van der Waals surface area contributed by atoms with E-state index in [1.165, 1.54) is 19.4 Å². The number of pyridine rings is 1. The zero-order chi connectivity index (χ0) is 12.8. The molecule has 1 atom stereocenters. The summed E-state index contributed by atoms with van der Waals surface area (Å²) < 4.78 is 10.1. The van der Waals surface area contributed by atoms with Crippen molar-refractivity contribution in [1.82, 2.24) is 4.98 Å². The molecule has 0 aromatic carbocycles. The SMILES string of the molecule is COc1ncc(COCC(C)N)cc1[N+](=O)[O-]. The van der Waals surface area contributed by atoms with Crippen LogP contribution >= 0.6 is 0 Å². The molecule has 1 rings (SSSR count). The first kappa shape index (κ1) is 13.3. The second kappa shape index (κ2) is 6.12. The molecule has 0 aliphatic rings. The van der Waals surface area contributed by atoms with E-state index in [0.29, 0.717) is 12.2 Å². The lowest BCUT2D eigenvalue weighted by molar-refractivity contribution is -0.386. The predicted octanol–water partition coefficient (Wildman–Crippen LogP) is 0.862. The van der Waals surface area contributed by atoms with Gasteiger partial charge in [-0.05, 0) is 6.92 Å². The van der Waals surface area contributed by atoms with E-state index in [1.54, 1.807) is 0 Å². The number of nitrogens with zero attached hydrogens (tertiary/aromatic N) is 2. The van der Waals surface area contributed by atoms with Crippen molar-refractivity contribution >= 4 is 5.69 Å². The number of hydrogen-bond donors (Lipinski definition) is 1. The molecule has 7 nitrogen and oxygen atoms in total. The molecule has 0 spiro atoms. The summed E-state index contributed by atoms with van der Waals surface area (Å²) in [6.07, 6.45) is 1.48. The van der Waals surface area contributed by atoms with Crippen LogP contribution in [0.3, 0.4) is 0 Å². The minimum absolute atomic E-state index is 0.00839. The van der Waals surface area contributed by atoms with Gasteiger partial charge >= 0.3 is 5.69 Å². The van der Waals surface area contributed by atoms with Gasteiger partial charge in [-0.2, -0.15) is 0 Å². The van der Waals surface area contributed by atoms with Crippen molar-refractivity contribution < 1.29 is 14.4 Å². The van der Waals surface area contributed by atoms with Crippen molar-refractivity contribution in [3.8, 4) is 5.88 Å². The van der Waals surface area contributed by atoms with E-state index >= 15 is 0 Å². The maximum absolute atomic E-state index is 10.7. The molecule has 1 aromatic rings. The summed E-state index contributed by atoms with van der Waals surface area (Å²) >= 11 is 0. The minimum atomic E-state index is -0.541. The maximum atomic E-state index is 10.7. The van der Waals surface area contributed by atoms with Gasteiger partial charge in [0.2, 0.25) is 0 Å². The standard InChI is InChI=1S/C10H15N3O4/c1-7(11)5-17-6-8-3-9(13(14)15)10(16-2)12-4-8/h3-4,7H,5-6,11H2,1-2H3. The third kappa shape index (κ3) is 3.97. The molecule has 2 N–H and O–H groups in total. The largest absolute Gasteiger partial charge is 0.476 e. The number of aromatic nitrogens is 1.